The van der Waals surface area contributed by atoms with Gasteiger partial charge in [-0.2, -0.15) is 5.26 Å². The maximum Gasteiger partial charge on any atom is 0.262 e. The fourth-order valence-corrected chi connectivity index (χ4v) is 9.47. The number of imide groups is 2. The molecule has 5 amide bonds. The minimum absolute atomic E-state index is 0.0511. The Labute approximate surface area is 329 Å². The minimum atomic E-state index is -0.971. The van der Waals surface area contributed by atoms with Crippen LogP contribution in [-0.4, -0.2) is 108 Å². The molecule has 3 aromatic rings. The SMILES string of the molecule is N#Cc1ccc(O[C@H]2CC[C@H](N3Cc4cc(N5CCN(CC6CN(c7ccc8c(c7)C(=O)N(C7CCC(=O)NC7=O)C8=O)C6)CC5)ccc4C3=O)CC2)cc1Cl. The van der Waals surface area contributed by atoms with E-state index in [2.05, 4.69) is 38.2 Å². The van der Waals surface area contributed by atoms with E-state index in [1.54, 1.807) is 30.3 Å². The highest BCUT2D eigenvalue weighted by Crippen LogP contribution is 2.36. The van der Waals surface area contributed by atoms with E-state index in [9.17, 15) is 24.0 Å². The van der Waals surface area contributed by atoms with Gasteiger partial charge in [-0.1, -0.05) is 11.6 Å². The molecule has 0 aromatic heterocycles. The van der Waals surface area contributed by atoms with Gasteiger partial charge in [0.25, 0.3) is 17.7 Å². The van der Waals surface area contributed by atoms with Gasteiger partial charge in [0.2, 0.25) is 11.8 Å². The summed E-state index contributed by atoms with van der Waals surface area (Å²) in [4.78, 5) is 74.1. The van der Waals surface area contributed by atoms with Crippen molar-refractivity contribution in [2.45, 2.75) is 63.3 Å². The van der Waals surface area contributed by atoms with Crippen LogP contribution in [0.3, 0.4) is 0 Å². The molecule has 1 N–H and O–H groups in total. The molecule has 0 radical (unpaired) electrons. The third-order valence-electron chi connectivity index (χ3n) is 12.4. The number of benzene rings is 3. The number of piperazine rings is 1. The number of rotatable bonds is 8. The number of hydrogen-bond donors (Lipinski definition) is 1. The summed E-state index contributed by atoms with van der Waals surface area (Å²) in [5, 5.41) is 11.8. The van der Waals surface area contributed by atoms with Gasteiger partial charge in [-0.25, -0.2) is 0 Å². The van der Waals surface area contributed by atoms with Crippen LogP contribution in [0.15, 0.2) is 54.6 Å². The van der Waals surface area contributed by atoms with Gasteiger partial charge in [0.15, 0.2) is 0 Å². The summed E-state index contributed by atoms with van der Waals surface area (Å²) in [5.41, 5.74) is 4.97. The molecule has 288 valence electrons. The summed E-state index contributed by atoms with van der Waals surface area (Å²) in [6.07, 6.45) is 3.73. The third kappa shape index (κ3) is 6.64. The maximum atomic E-state index is 13.5. The number of hydrogen-bond acceptors (Lipinski definition) is 10. The van der Waals surface area contributed by atoms with E-state index in [-0.39, 0.29) is 30.9 Å². The van der Waals surface area contributed by atoms with Gasteiger partial charge in [0.1, 0.15) is 17.9 Å². The zero-order valence-corrected chi connectivity index (χ0v) is 31.7. The van der Waals surface area contributed by atoms with Crippen molar-refractivity contribution in [2.75, 3.05) is 55.6 Å². The van der Waals surface area contributed by atoms with Crippen LogP contribution in [0, 0.1) is 17.2 Å². The predicted octanol–water partition coefficient (Wildman–Crippen LogP) is 4.22. The number of piperidine rings is 1. The van der Waals surface area contributed by atoms with Crippen LogP contribution < -0.4 is 19.9 Å². The van der Waals surface area contributed by atoms with E-state index in [1.165, 1.54) is 0 Å². The van der Waals surface area contributed by atoms with Crippen LogP contribution in [0.2, 0.25) is 5.02 Å². The van der Waals surface area contributed by atoms with Crippen molar-refractivity contribution >= 4 is 52.5 Å². The van der Waals surface area contributed by atoms with Gasteiger partial charge >= 0.3 is 0 Å². The van der Waals surface area contributed by atoms with Crippen LogP contribution in [-0.2, 0) is 16.1 Å². The third-order valence-corrected chi connectivity index (χ3v) is 12.7. The van der Waals surface area contributed by atoms with Crippen LogP contribution in [0.5, 0.6) is 5.75 Å². The van der Waals surface area contributed by atoms with Crippen molar-refractivity contribution in [1.82, 2.24) is 20.0 Å². The highest BCUT2D eigenvalue weighted by atomic mass is 35.5. The van der Waals surface area contributed by atoms with E-state index in [0.29, 0.717) is 39.9 Å². The quantitative estimate of drug-likeness (QED) is 0.330. The fourth-order valence-electron chi connectivity index (χ4n) is 9.25. The second kappa shape index (κ2) is 14.6. The Hall–Kier alpha value is -5.45. The molecule has 5 aliphatic heterocycles. The summed E-state index contributed by atoms with van der Waals surface area (Å²) >= 11 is 6.19. The summed E-state index contributed by atoms with van der Waals surface area (Å²) < 4.78 is 6.18. The lowest BCUT2D eigenvalue weighted by Gasteiger charge is -2.45. The lowest BCUT2D eigenvalue weighted by atomic mass is 9.92. The number of ether oxygens (including phenoxy) is 1. The molecule has 9 rings (SSSR count). The van der Waals surface area contributed by atoms with Gasteiger partial charge in [-0.3, -0.25) is 39.1 Å². The number of anilines is 2. The Bertz CT molecular complexity index is 2180. The van der Waals surface area contributed by atoms with Crippen LogP contribution in [0.1, 0.15) is 80.7 Å². The van der Waals surface area contributed by atoms with Crippen molar-refractivity contribution < 1.29 is 28.7 Å². The first-order valence-electron chi connectivity index (χ1n) is 19.5. The molecule has 13 nitrogen and oxygen atoms in total. The van der Waals surface area contributed by atoms with Crippen molar-refractivity contribution in [3.05, 3.63) is 87.4 Å². The first-order valence-corrected chi connectivity index (χ1v) is 19.9. The lowest BCUT2D eigenvalue weighted by molar-refractivity contribution is -0.136. The molecule has 1 atom stereocenters. The maximum absolute atomic E-state index is 13.5. The largest absolute Gasteiger partial charge is 0.490 e. The molecule has 5 heterocycles. The number of nitrogens with one attached hydrogen (secondary N) is 1. The molecule has 14 heteroatoms. The number of carbonyl (C=O) groups is 5. The molecule has 3 aromatic carbocycles. The number of halogens is 1. The van der Waals surface area contributed by atoms with Crippen molar-refractivity contribution in [3.8, 4) is 11.8 Å². The molecule has 56 heavy (non-hydrogen) atoms. The number of nitriles is 1. The zero-order chi connectivity index (χ0) is 38.7. The average Bonchev–Trinajstić information content (AvgIpc) is 3.64. The molecule has 6 aliphatic rings. The molecule has 3 saturated heterocycles. The first kappa shape index (κ1) is 36.2. The Morgan fingerprint density at radius 3 is 2.20 bits per heavy atom. The number of fused-ring (bicyclic) bond motifs is 2. The van der Waals surface area contributed by atoms with E-state index in [0.717, 1.165) is 98.9 Å². The molecule has 1 unspecified atom stereocenters. The normalized spacial score (nSPS) is 24.2. The van der Waals surface area contributed by atoms with E-state index < -0.39 is 29.7 Å². The van der Waals surface area contributed by atoms with Crippen LogP contribution >= 0.6 is 11.6 Å². The molecule has 0 spiro atoms. The van der Waals surface area contributed by atoms with Gasteiger partial charge in [0.05, 0.1) is 27.8 Å². The summed E-state index contributed by atoms with van der Waals surface area (Å²) in [6.45, 7) is 7.04. The van der Waals surface area contributed by atoms with Crippen molar-refractivity contribution in [1.29, 1.82) is 5.26 Å². The zero-order valence-electron chi connectivity index (χ0n) is 30.9. The van der Waals surface area contributed by atoms with Crippen LogP contribution in [0.4, 0.5) is 11.4 Å². The van der Waals surface area contributed by atoms with E-state index in [1.807, 2.05) is 17.0 Å². The van der Waals surface area contributed by atoms with Crippen molar-refractivity contribution in [2.24, 2.45) is 5.92 Å². The first-order chi connectivity index (χ1) is 27.1. The number of carbonyl (C=O) groups excluding carboxylic acids is 5. The second-order valence-corrected chi connectivity index (χ2v) is 16.2. The highest BCUT2D eigenvalue weighted by molar-refractivity contribution is 6.31. The Balaban J connectivity index is 0.734. The number of amides is 5. The standard InChI is InChI=1S/C42H42ClN7O6/c43-36-19-32(6-1-26(36)20-44)56-31-7-2-28(3-8-31)49-24-27-17-29(4-9-33(27)40(49)53)47-15-13-46(14-16-47)21-25-22-48(23-25)30-5-10-34-35(18-30)42(55)50(41(34)54)37-11-12-38(51)45-39(37)52/h1,4-6,9-10,17-19,25,28,31,37H,2-3,7-8,11-16,21-24H2,(H,45,51,52)/t28-,31-,37?. The van der Waals surface area contributed by atoms with Gasteiger partial charge < -0.3 is 19.4 Å². The molecule has 1 aliphatic carbocycles. The fraction of sp³-hybridized carbons (Fsp3) is 0.429. The molecule has 1 saturated carbocycles. The topological polar surface area (TPSA) is 147 Å². The van der Waals surface area contributed by atoms with E-state index >= 15 is 0 Å². The Kier molecular flexibility index (Phi) is 9.42. The smallest absolute Gasteiger partial charge is 0.262 e. The van der Waals surface area contributed by atoms with E-state index in [4.69, 9.17) is 21.6 Å². The van der Waals surface area contributed by atoms with Crippen molar-refractivity contribution in [3.63, 3.8) is 0 Å². The summed E-state index contributed by atoms with van der Waals surface area (Å²) in [7, 11) is 0. The molecular formula is C42H42ClN7O6. The van der Waals surface area contributed by atoms with Gasteiger partial charge in [0, 0.05) is 93.7 Å². The van der Waals surface area contributed by atoms with Gasteiger partial charge in [-0.05, 0) is 86.2 Å². The highest BCUT2D eigenvalue weighted by Gasteiger charge is 2.45. The summed E-state index contributed by atoms with van der Waals surface area (Å²) in [5.74, 6) is -0.707. The Morgan fingerprint density at radius 1 is 0.768 bits per heavy atom. The minimum Gasteiger partial charge on any atom is -0.490 e. The van der Waals surface area contributed by atoms with Gasteiger partial charge in [-0.15, -0.1) is 0 Å². The molecule has 4 fully saturated rings. The summed E-state index contributed by atoms with van der Waals surface area (Å²) in [6, 6.07) is 18.0. The monoisotopic (exact) mass is 775 g/mol. The van der Waals surface area contributed by atoms with Crippen LogP contribution in [0.25, 0.3) is 0 Å². The number of nitrogens with zero attached hydrogens (tertiary/aromatic N) is 6. The molecular weight excluding hydrogens is 734 g/mol. The molecule has 0 bridgehead atoms. The second-order valence-electron chi connectivity index (χ2n) is 15.8. The lowest BCUT2D eigenvalue weighted by Crippen LogP contribution is -2.55. The Morgan fingerprint density at radius 2 is 1.48 bits per heavy atom. The predicted molar refractivity (Wildman–Crippen MR) is 207 cm³/mol. The average molecular weight is 776 g/mol.